The molecule has 0 bridgehead atoms. The quantitative estimate of drug-likeness (QED) is 0.837. The van der Waals surface area contributed by atoms with Crippen molar-refractivity contribution in [3.05, 3.63) is 26.6 Å². The topological polar surface area (TPSA) is 78.3 Å². The van der Waals surface area contributed by atoms with E-state index in [4.69, 9.17) is 16.2 Å². The number of amides is 1. The van der Waals surface area contributed by atoms with Crippen molar-refractivity contribution >= 4 is 37.8 Å². The van der Waals surface area contributed by atoms with E-state index >= 15 is 0 Å². The lowest BCUT2D eigenvalue weighted by Crippen LogP contribution is -2.30. The molecule has 0 fully saturated rings. The summed E-state index contributed by atoms with van der Waals surface area (Å²) in [5.41, 5.74) is 11.7. The molecule has 1 amide bonds. The lowest BCUT2D eigenvalue weighted by atomic mass is 10.1. The smallest absolute Gasteiger partial charge is 0.258 e. The molecule has 1 rings (SSSR count). The lowest BCUT2D eigenvalue weighted by Gasteiger charge is -2.15. The molecule has 17 heavy (non-hydrogen) atoms. The Labute approximate surface area is 117 Å². The Morgan fingerprint density at radius 3 is 2.35 bits per heavy atom. The third-order valence-corrected chi connectivity index (χ3v) is 3.36. The average Bonchev–Trinajstić information content (AvgIpc) is 2.23. The minimum atomic E-state index is -0.678. The Balaban J connectivity index is 2.97. The minimum absolute atomic E-state index is 0.505. The van der Waals surface area contributed by atoms with Crippen molar-refractivity contribution in [3.63, 3.8) is 0 Å². The van der Waals surface area contributed by atoms with Crippen molar-refractivity contribution < 1.29 is 9.53 Å². The molecule has 1 unspecified atom stereocenters. The Hall–Kier alpha value is -0.590. The van der Waals surface area contributed by atoms with Gasteiger partial charge >= 0.3 is 0 Å². The van der Waals surface area contributed by atoms with Crippen LogP contribution in [0, 0.1) is 0 Å². The Bertz CT molecular complexity index is 401. The van der Waals surface area contributed by atoms with E-state index in [-0.39, 0.29) is 0 Å². The van der Waals surface area contributed by atoms with Crippen LogP contribution in [0.3, 0.4) is 0 Å². The van der Waals surface area contributed by atoms with Crippen molar-refractivity contribution in [2.45, 2.75) is 19.4 Å². The molecule has 0 aromatic heterocycles. The molecule has 0 saturated heterocycles. The molecule has 0 aliphatic rings. The number of benzene rings is 1. The molecule has 6 heteroatoms. The van der Waals surface area contributed by atoms with Crippen LogP contribution in [0.25, 0.3) is 0 Å². The van der Waals surface area contributed by atoms with E-state index in [2.05, 4.69) is 31.9 Å². The van der Waals surface area contributed by atoms with Gasteiger partial charge in [-0.15, -0.1) is 0 Å². The van der Waals surface area contributed by atoms with Gasteiger partial charge in [-0.2, -0.15) is 0 Å². The highest BCUT2D eigenvalue weighted by atomic mass is 79.9. The molecule has 4 N–H and O–H groups in total. The maximum absolute atomic E-state index is 10.9. The molecule has 4 nitrogen and oxygen atoms in total. The van der Waals surface area contributed by atoms with Crippen LogP contribution in [0.4, 0.5) is 0 Å². The first kappa shape index (κ1) is 14.5. The van der Waals surface area contributed by atoms with Gasteiger partial charge < -0.3 is 16.2 Å². The number of rotatable bonds is 5. The second kappa shape index (κ2) is 6.37. The van der Waals surface area contributed by atoms with Gasteiger partial charge in [0.1, 0.15) is 5.75 Å². The maximum atomic E-state index is 10.9. The van der Waals surface area contributed by atoms with Gasteiger partial charge in [0, 0.05) is 0 Å². The number of hydrogen-bond donors (Lipinski definition) is 2. The van der Waals surface area contributed by atoms with Crippen LogP contribution >= 0.6 is 31.9 Å². The molecule has 0 spiro atoms. The summed E-state index contributed by atoms with van der Waals surface area (Å²) in [4.78, 5) is 10.9. The summed E-state index contributed by atoms with van der Waals surface area (Å²) >= 11 is 6.80. The molecular weight excluding hydrogens is 352 g/mol. The molecular formula is C11H14Br2N2O2. The number of primary amides is 1. The molecule has 0 radical (unpaired) electrons. The summed E-state index contributed by atoms with van der Waals surface area (Å²) in [5, 5.41) is 0. The summed E-state index contributed by atoms with van der Waals surface area (Å²) in [5.74, 6) is 0.0620. The van der Waals surface area contributed by atoms with Gasteiger partial charge in [0.05, 0.1) is 8.95 Å². The van der Waals surface area contributed by atoms with Crippen LogP contribution < -0.4 is 16.2 Å². The van der Waals surface area contributed by atoms with E-state index in [1.165, 1.54) is 0 Å². The summed E-state index contributed by atoms with van der Waals surface area (Å²) in [6.07, 6.45) is 0.103. The lowest BCUT2D eigenvalue weighted by molar-refractivity contribution is -0.124. The Morgan fingerprint density at radius 1 is 1.41 bits per heavy atom. The summed E-state index contributed by atoms with van der Waals surface area (Å²) in [6, 6.07) is 3.83. The van der Waals surface area contributed by atoms with Gasteiger partial charge in [-0.1, -0.05) is 0 Å². The first-order chi connectivity index (χ1) is 7.95. The van der Waals surface area contributed by atoms with E-state index in [9.17, 15) is 4.79 Å². The highest BCUT2D eigenvalue weighted by Crippen LogP contribution is 2.35. The van der Waals surface area contributed by atoms with Crippen molar-refractivity contribution in [2.75, 3.05) is 6.54 Å². The molecule has 0 aliphatic carbocycles. The highest BCUT2D eigenvalue weighted by molar-refractivity contribution is 9.11. The van der Waals surface area contributed by atoms with E-state index in [0.29, 0.717) is 12.3 Å². The third-order valence-electron chi connectivity index (χ3n) is 2.19. The summed E-state index contributed by atoms with van der Waals surface area (Å²) < 4.78 is 7.01. The van der Waals surface area contributed by atoms with Crippen LogP contribution in [0.2, 0.25) is 0 Å². The van der Waals surface area contributed by atoms with Crippen LogP contribution in [0.5, 0.6) is 5.75 Å². The fourth-order valence-corrected chi connectivity index (χ4v) is 2.74. The monoisotopic (exact) mass is 364 g/mol. The normalized spacial score (nSPS) is 12.2. The van der Waals surface area contributed by atoms with Crippen LogP contribution in [0.15, 0.2) is 21.1 Å². The van der Waals surface area contributed by atoms with E-state index in [0.717, 1.165) is 20.9 Å². The molecule has 1 aromatic carbocycles. The fourth-order valence-electron chi connectivity index (χ4n) is 1.27. The summed E-state index contributed by atoms with van der Waals surface area (Å²) in [6.45, 7) is 2.19. The highest BCUT2D eigenvalue weighted by Gasteiger charge is 2.15. The number of carbonyl (C=O) groups excluding carboxylic acids is 1. The summed E-state index contributed by atoms with van der Waals surface area (Å²) in [7, 11) is 0. The van der Waals surface area contributed by atoms with E-state index < -0.39 is 12.0 Å². The zero-order valence-corrected chi connectivity index (χ0v) is 12.5. The zero-order chi connectivity index (χ0) is 13.0. The van der Waals surface area contributed by atoms with Gasteiger partial charge in [-0.25, -0.2) is 0 Å². The maximum Gasteiger partial charge on any atom is 0.258 e. The standard InChI is InChI=1S/C11H14Br2N2O2/c1-6(11(15)16)17-10-8(12)4-7(2-3-14)5-9(10)13/h4-6H,2-3,14H2,1H3,(H2,15,16). The number of ether oxygens (including phenoxy) is 1. The second-order valence-electron chi connectivity index (χ2n) is 3.59. The fraction of sp³-hybridized carbons (Fsp3) is 0.364. The number of halogens is 2. The van der Waals surface area contributed by atoms with Crippen LogP contribution in [0.1, 0.15) is 12.5 Å². The largest absolute Gasteiger partial charge is 0.479 e. The minimum Gasteiger partial charge on any atom is -0.479 e. The van der Waals surface area contributed by atoms with Crippen molar-refractivity contribution in [2.24, 2.45) is 11.5 Å². The van der Waals surface area contributed by atoms with Crippen LogP contribution in [-0.2, 0) is 11.2 Å². The molecule has 1 aromatic rings. The predicted octanol–water partition coefficient (Wildman–Crippen LogP) is 1.97. The number of hydrogen-bond acceptors (Lipinski definition) is 3. The van der Waals surface area contributed by atoms with E-state index in [1.807, 2.05) is 12.1 Å². The molecule has 0 saturated carbocycles. The Morgan fingerprint density at radius 2 is 1.94 bits per heavy atom. The number of nitrogens with two attached hydrogens (primary N) is 2. The molecule has 1 atom stereocenters. The SMILES string of the molecule is CC(Oc1c(Br)cc(CCN)cc1Br)C(N)=O. The predicted molar refractivity (Wildman–Crippen MR) is 73.9 cm³/mol. The number of carbonyl (C=O) groups is 1. The van der Waals surface area contributed by atoms with Crippen molar-refractivity contribution in [1.29, 1.82) is 0 Å². The third kappa shape index (κ3) is 3.97. The van der Waals surface area contributed by atoms with Crippen LogP contribution in [-0.4, -0.2) is 18.6 Å². The zero-order valence-electron chi connectivity index (χ0n) is 9.37. The van der Waals surface area contributed by atoms with E-state index in [1.54, 1.807) is 6.92 Å². The van der Waals surface area contributed by atoms with Crippen molar-refractivity contribution in [1.82, 2.24) is 0 Å². The average molecular weight is 366 g/mol. The molecule has 0 heterocycles. The molecule has 94 valence electrons. The van der Waals surface area contributed by atoms with Gasteiger partial charge in [0.2, 0.25) is 0 Å². The molecule has 0 aliphatic heterocycles. The van der Waals surface area contributed by atoms with Gasteiger partial charge in [0.15, 0.2) is 6.10 Å². The van der Waals surface area contributed by atoms with Gasteiger partial charge in [0.25, 0.3) is 5.91 Å². The first-order valence-corrected chi connectivity index (χ1v) is 6.68. The second-order valence-corrected chi connectivity index (χ2v) is 5.30. The first-order valence-electron chi connectivity index (χ1n) is 5.09. The van der Waals surface area contributed by atoms with Gasteiger partial charge in [-0.05, 0) is 69.4 Å². The van der Waals surface area contributed by atoms with Crippen molar-refractivity contribution in [3.8, 4) is 5.75 Å². The Kier molecular flexibility index (Phi) is 5.42. The van der Waals surface area contributed by atoms with Gasteiger partial charge in [-0.3, -0.25) is 4.79 Å².